The van der Waals surface area contributed by atoms with Gasteiger partial charge < -0.3 is 10.1 Å². The lowest BCUT2D eigenvalue weighted by molar-refractivity contribution is -0.150. The van der Waals surface area contributed by atoms with Gasteiger partial charge >= 0.3 is 5.97 Å². The van der Waals surface area contributed by atoms with E-state index in [1.54, 1.807) is 13.0 Å². The largest absolute Gasteiger partial charge is 0.466 e. The summed E-state index contributed by atoms with van der Waals surface area (Å²) in [6.07, 6.45) is 1.72. The van der Waals surface area contributed by atoms with Gasteiger partial charge in [0.25, 0.3) is 0 Å². The average Bonchev–Trinajstić information content (AvgIpc) is 2.51. The Balaban J connectivity index is 1.86. The second-order valence-corrected chi connectivity index (χ2v) is 6.25. The number of carbonyl (C=O) groups is 2. The highest BCUT2D eigenvalue weighted by Crippen LogP contribution is 2.21. The molecule has 0 bridgehead atoms. The van der Waals surface area contributed by atoms with Crippen LogP contribution in [0, 0.1) is 12.8 Å². The number of hydrogen-bond acceptors (Lipinski definition) is 4. The number of carbonyl (C=O) groups excluding carboxylic acids is 2. The fourth-order valence-corrected chi connectivity index (χ4v) is 2.91. The van der Waals surface area contributed by atoms with Crippen molar-refractivity contribution >= 4 is 29.2 Å². The van der Waals surface area contributed by atoms with E-state index in [-0.39, 0.29) is 24.3 Å². The number of amides is 1. The van der Waals surface area contributed by atoms with Crippen LogP contribution in [0.3, 0.4) is 0 Å². The molecule has 2 rings (SSSR count). The molecule has 23 heavy (non-hydrogen) atoms. The topological polar surface area (TPSA) is 58.6 Å². The average molecular weight is 339 g/mol. The maximum Gasteiger partial charge on any atom is 0.310 e. The van der Waals surface area contributed by atoms with Gasteiger partial charge in [-0.15, -0.1) is 0 Å². The number of esters is 1. The number of halogens is 1. The molecule has 1 N–H and O–H groups in total. The summed E-state index contributed by atoms with van der Waals surface area (Å²) < 4.78 is 5.07. The van der Waals surface area contributed by atoms with Gasteiger partial charge in [-0.3, -0.25) is 14.5 Å². The second-order valence-electron chi connectivity index (χ2n) is 5.84. The molecule has 0 aromatic heterocycles. The summed E-state index contributed by atoms with van der Waals surface area (Å²) in [6, 6.07) is 5.44. The molecule has 1 atom stereocenters. The van der Waals surface area contributed by atoms with E-state index < -0.39 is 0 Å². The fourth-order valence-electron chi connectivity index (χ4n) is 2.73. The Bertz CT molecular complexity index is 577. The third kappa shape index (κ3) is 5.22. The van der Waals surface area contributed by atoms with Gasteiger partial charge in [0, 0.05) is 17.3 Å². The minimum atomic E-state index is -0.164. The van der Waals surface area contributed by atoms with Gasteiger partial charge in [-0.2, -0.15) is 0 Å². The van der Waals surface area contributed by atoms with E-state index in [1.165, 1.54) is 0 Å². The molecular formula is C17H23ClN2O3. The van der Waals surface area contributed by atoms with Crippen molar-refractivity contribution in [3.05, 3.63) is 28.8 Å². The SMILES string of the molecule is CCOC(=O)C1CCCN(CC(=O)Nc2ccc(C)c(Cl)c2)C1. The molecule has 5 nitrogen and oxygen atoms in total. The van der Waals surface area contributed by atoms with Crippen LogP contribution in [0.1, 0.15) is 25.3 Å². The second kappa shape index (κ2) is 8.31. The van der Waals surface area contributed by atoms with Crippen LogP contribution in [-0.2, 0) is 14.3 Å². The van der Waals surface area contributed by atoms with Crippen LogP contribution >= 0.6 is 11.6 Å². The zero-order valence-electron chi connectivity index (χ0n) is 13.6. The number of ether oxygens (including phenoxy) is 1. The maximum absolute atomic E-state index is 12.2. The zero-order chi connectivity index (χ0) is 16.8. The number of aryl methyl sites for hydroxylation is 1. The molecule has 1 fully saturated rings. The Morgan fingerprint density at radius 2 is 2.22 bits per heavy atom. The van der Waals surface area contributed by atoms with Crippen molar-refractivity contribution < 1.29 is 14.3 Å². The molecule has 1 heterocycles. The van der Waals surface area contributed by atoms with Gasteiger partial charge in [0.05, 0.1) is 19.1 Å². The lowest BCUT2D eigenvalue weighted by Gasteiger charge is -2.30. The van der Waals surface area contributed by atoms with Crippen molar-refractivity contribution in [1.82, 2.24) is 4.90 Å². The van der Waals surface area contributed by atoms with Gasteiger partial charge in [-0.1, -0.05) is 17.7 Å². The van der Waals surface area contributed by atoms with Crippen LogP contribution < -0.4 is 5.32 Å². The normalized spacial score (nSPS) is 18.5. The predicted octanol–water partition coefficient (Wildman–Crippen LogP) is 2.86. The molecule has 1 aromatic rings. The number of nitrogens with one attached hydrogen (secondary N) is 1. The van der Waals surface area contributed by atoms with E-state index in [4.69, 9.17) is 16.3 Å². The molecule has 1 saturated heterocycles. The van der Waals surface area contributed by atoms with E-state index in [1.807, 2.05) is 24.0 Å². The van der Waals surface area contributed by atoms with Gasteiger partial charge in [-0.25, -0.2) is 0 Å². The van der Waals surface area contributed by atoms with Crippen LogP contribution in [0.25, 0.3) is 0 Å². The lowest BCUT2D eigenvalue weighted by Crippen LogP contribution is -2.43. The van der Waals surface area contributed by atoms with Gasteiger partial charge in [-0.05, 0) is 50.9 Å². The van der Waals surface area contributed by atoms with Gasteiger partial charge in [0.1, 0.15) is 0 Å². The minimum Gasteiger partial charge on any atom is -0.466 e. The van der Waals surface area contributed by atoms with Gasteiger partial charge in [0.2, 0.25) is 5.91 Å². The Labute approximate surface area is 141 Å². The van der Waals surface area contributed by atoms with Crippen molar-refractivity contribution in [3.8, 4) is 0 Å². The quantitative estimate of drug-likeness (QED) is 0.839. The first kappa shape index (κ1) is 17.8. The Morgan fingerprint density at radius 3 is 2.91 bits per heavy atom. The Hall–Kier alpha value is -1.59. The standard InChI is InChI=1S/C17H23ClN2O3/c1-3-23-17(22)13-5-4-8-20(10-13)11-16(21)19-14-7-6-12(2)15(18)9-14/h6-7,9,13H,3-5,8,10-11H2,1-2H3,(H,19,21). The number of rotatable bonds is 5. The highest BCUT2D eigenvalue weighted by molar-refractivity contribution is 6.31. The monoisotopic (exact) mass is 338 g/mol. The molecule has 1 amide bonds. The first-order valence-electron chi connectivity index (χ1n) is 7.94. The van der Waals surface area contributed by atoms with Crippen LogP contribution in [0.2, 0.25) is 5.02 Å². The molecule has 0 saturated carbocycles. The highest BCUT2D eigenvalue weighted by Gasteiger charge is 2.27. The van der Waals surface area contributed by atoms with Crippen LogP contribution in [0.15, 0.2) is 18.2 Å². The number of piperidine rings is 1. The lowest BCUT2D eigenvalue weighted by atomic mass is 9.98. The van der Waals surface area contributed by atoms with Crippen LogP contribution in [0.4, 0.5) is 5.69 Å². The molecule has 1 unspecified atom stereocenters. The summed E-state index contributed by atoms with van der Waals surface area (Å²) in [5.41, 5.74) is 1.66. The van der Waals surface area contributed by atoms with Crippen molar-refractivity contribution in [2.45, 2.75) is 26.7 Å². The molecule has 0 radical (unpaired) electrons. The summed E-state index contributed by atoms with van der Waals surface area (Å²) in [5, 5.41) is 3.47. The summed E-state index contributed by atoms with van der Waals surface area (Å²) >= 11 is 6.06. The smallest absolute Gasteiger partial charge is 0.310 e. The number of hydrogen-bond donors (Lipinski definition) is 1. The minimum absolute atomic E-state index is 0.102. The van der Waals surface area contributed by atoms with Crippen molar-refractivity contribution in [2.24, 2.45) is 5.92 Å². The van der Waals surface area contributed by atoms with Gasteiger partial charge in [0.15, 0.2) is 0 Å². The molecule has 126 valence electrons. The van der Waals surface area contributed by atoms with Crippen LogP contribution in [-0.4, -0.2) is 43.0 Å². The first-order valence-corrected chi connectivity index (χ1v) is 8.32. The number of likely N-dealkylation sites (tertiary alicyclic amines) is 1. The fraction of sp³-hybridized carbons (Fsp3) is 0.529. The Kier molecular flexibility index (Phi) is 6.42. The third-order valence-corrected chi connectivity index (χ3v) is 4.36. The molecular weight excluding hydrogens is 316 g/mol. The molecule has 6 heteroatoms. The van der Waals surface area contributed by atoms with E-state index in [9.17, 15) is 9.59 Å². The Morgan fingerprint density at radius 1 is 1.43 bits per heavy atom. The third-order valence-electron chi connectivity index (χ3n) is 3.95. The summed E-state index contributed by atoms with van der Waals surface area (Å²) in [6.45, 7) is 5.76. The predicted molar refractivity (Wildman–Crippen MR) is 90.6 cm³/mol. The molecule has 0 aliphatic carbocycles. The zero-order valence-corrected chi connectivity index (χ0v) is 14.4. The number of anilines is 1. The van der Waals surface area contributed by atoms with E-state index in [0.717, 1.165) is 24.9 Å². The highest BCUT2D eigenvalue weighted by atomic mass is 35.5. The first-order chi connectivity index (χ1) is 11.0. The summed E-state index contributed by atoms with van der Waals surface area (Å²) in [4.78, 5) is 26.0. The molecule has 1 aliphatic rings. The molecule has 1 aliphatic heterocycles. The van der Waals surface area contributed by atoms with Crippen molar-refractivity contribution in [1.29, 1.82) is 0 Å². The van der Waals surface area contributed by atoms with Crippen molar-refractivity contribution in [3.63, 3.8) is 0 Å². The molecule has 1 aromatic carbocycles. The maximum atomic E-state index is 12.2. The van der Waals surface area contributed by atoms with E-state index in [0.29, 0.717) is 23.9 Å². The van der Waals surface area contributed by atoms with E-state index >= 15 is 0 Å². The number of benzene rings is 1. The molecule has 0 spiro atoms. The van der Waals surface area contributed by atoms with E-state index in [2.05, 4.69) is 5.32 Å². The summed E-state index contributed by atoms with van der Waals surface area (Å²) in [7, 11) is 0. The van der Waals surface area contributed by atoms with Crippen molar-refractivity contribution in [2.75, 3.05) is 31.6 Å². The summed E-state index contributed by atoms with van der Waals surface area (Å²) in [5.74, 6) is -0.400. The number of nitrogens with zero attached hydrogens (tertiary/aromatic N) is 1. The van der Waals surface area contributed by atoms with Crippen LogP contribution in [0.5, 0.6) is 0 Å².